The maximum atomic E-state index is 14.0. The van der Waals surface area contributed by atoms with Crippen LogP contribution >= 0.6 is 0 Å². The topological polar surface area (TPSA) is 107 Å². The number of amides is 2. The monoisotopic (exact) mass is 454 g/mol. The lowest BCUT2D eigenvalue weighted by Gasteiger charge is -2.51. The minimum atomic E-state index is -1.30. The minimum Gasteiger partial charge on any atom is -0.494 e. The molecule has 1 saturated heterocycles. The summed E-state index contributed by atoms with van der Waals surface area (Å²) in [5.74, 6) is -3.00. The van der Waals surface area contributed by atoms with Crippen LogP contribution in [0.1, 0.15) is 28.2 Å². The standard InChI is InChI=1S/C26H18N2O6/c1-34-20-12-14(28(32)33)10-11-19(20)27-24(30)22-21-15-6-2-4-8-17(15)26(13-29,23(22)25(27)31)18-9-5-3-7-16(18)21/h2-13,21-23H,1H3/t21?,22-,23-,26?/m1/s1. The number of nitro benzene ring substituents is 1. The molecule has 0 aromatic heterocycles. The van der Waals surface area contributed by atoms with Crippen molar-refractivity contribution in [2.24, 2.45) is 11.8 Å². The minimum absolute atomic E-state index is 0.0390. The van der Waals surface area contributed by atoms with Gasteiger partial charge in [0.05, 0.1) is 41.0 Å². The van der Waals surface area contributed by atoms with Crippen LogP contribution in [0.25, 0.3) is 0 Å². The molecule has 1 heterocycles. The number of non-ortho nitro benzene ring substituents is 1. The molecule has 0 radical (unpaired) electrons. The highest BCUT2D eigenvalue weighted by atomic mass is 16.6. The lowest BCUT2D eigenvalue weighted by molar-refractivity contribution is -0.384. The third-order valence-electron chi connectivity index (χ3n) is 7.48. The fourth-order valence-electron chi connectivity index (χ4n) is 6.23. The normalized spacial score (nSPS) is 26.0. The predicted octanol–water partition coefficient (Wildman–Crippen LogP) is 3.35. The predicted molar refractivity (Wildman–Crippen MR) is 121 cm³/mol. The van der Waals surface area contributed by atoms with Crippen LogP contribution in [0.2, 0.25) is 0 Å². The molecular formula is C26H18N2O6. The molecule has 2 atom stereocenters. The van der Waals surface area contributed by atoms with Crippen molar-refractivity contribution < 1.29 is 24.0 Å². The van der Waals surface area contributed by atoms with E-state index in [0.717, 1.165) is 33.4 Å². The first-order valence-corrected chi connectivity index (χ1v) is 10.8. The zero-order valence-electron chi connectivity index (χ0n) is 18.0. The molecule has 34 heavy (non-hydrogen) atoms. The van der Waals surface area contributed by atoms with E-state index in [1.54, 1.807) is 0 Å². The molecule has 2 amide bonds. The van der Waals surface area contributed by atoms with Crippen molar-refractivity contribution in [1.82, 2.24) is 0 Å². The lowest BCUT2D eigenvalue weighted by Crippen LogP contribution is -2.54. The van der Waals surface area contributed by atoms with Gasteiger partial charge < -0.3 is 9.53 Å². The molecule has 168 valence electrons. The summed E-state index contributed by atoms with van der Waals surface area (Å²) in [6.07, 6.45) is 0.805. The van der Waals surface area contributed by atoms with E-state index < -0.39 is 34.0 Å². The first kappa shape index (κ1) is 20.3. The molecule has 3 aliphatic carbocycles. The van der Waals surface area contributed by atoms with Crippen LogP contribution in [-0.2, 0) is 19.8 Å². The SMILES string of the molecule is COc1cc([N+](=O)[O-])ccc1N1C(=O)[C@@H]2C3c4ccccc4C(C=O)(c4ccccc43)[C@H]2C1=O. The van der Waals surface area contributed by atoms with Gasteiger partial charge in [0.1, 0.15) is 12.0 Å². The Morgan fingerprint density at radius 2 is 1.59 bits per heavy atom. The maximum Gasteiger partial charge on any atom is 0.273 e. The number of anilines is 1. The molecule has 3 aromatic carbocycles. The van der Waals surface area contributed by atoms with Crippen LogP contribution in [0.15, 0.2) is 66.7 Å². The fourth-order valence-corrected chi connectivity index (χ4v) is 6.23. The first-order chi connectivity index (χ1) is 16.5. The van der Waals surface area contributed by atoms with Crippen molar-refractivity contribution in [3.05, 3.63) is 99.1 Å². The number of methoxy groups -OCH3 is 1. The van der Waals surface area contributed by atoms with Gasteiger partial charge in [0.25, 0.3) is 5.69 Å². The van der Waals surface area contributed by atoms with Gasteiger partial charge in [0.15, 0.2) is 0 Å². The van der Waals surface area contributed by atoms with Crippen molar-refractivity contribution in [2.45, 2.75) is 11.3 Å². The number of carbonyl (C=O) groups is 3. The summed E-state index contributed by atoms with van der Waals surface area (Å²) in [6.45, 7) is 0. The Hall–Kier alpha value is -4.33. The summed E-state index contributed by atoms with van der Waals surface area (Å²) in [5.41, 5.74) is 1.83. The Kier molecular flexibility index (Phi) is 4.08. The van der Waals surface area contributed by atoms with Gasteiger partial charge in [0.2, 0.25) is 11.8 Å². The van der Waals surface area contributed by atoms with Crippen LogP contribution < -0.4 is 9.64 Å². The molecule has 8 nitrogen and oxygen atoms in total. The van der Waals surface area contributed by atoms with Crippen molar-refractivity contribution in [1.29, 1.82) is 0 Å². The number of ether oxygens (including phenoxy) is 1. The molecule has 1 aliphatic heterocycles. The van der Waals surface area contributed by atoms with Gasteiger partial charge >= 0.3 is 0 Å². The van der Waals surface area contributed by atoms with Crippen LogP contribution in [0, 0.1) is 22.0 Å². The highest BCUT2D eigenvalue weighted by Crippen LogP contribution is 2.63. The fraction of sp³-hybridized carbons (Fsp3) is 0.192. The number of nitrogens with zero attached hydrogens (tertiary/aromatic N) is 2. The molecule has 2 bridgehead atoms. The molecule has 1 fully saturated rings. The Morgan fingerprint density at radius 1 is 0.971 bits per heavy atom. The van der Waals surface area contributed by atoms with Gasteiger partial charge in [-0.25, -0.2) is 4.90 Å². The Bertz CT molecular complexity index is 1380. The van der Waals surface area contributed by atoms with E-state index >= 15 is 0 Å². The summed E-state index contributed by atoms with van der Waals surface area (Å²) in [7, 11) is 1.32. The zero-order valence-corrected chi connectivity index (χ0v) is 18.0. The van der Waals surface area contributed by atoms with Gasteiger partial charge in [-0.05, 0) is 28.3 Å². The van der Waals surface area contributed by atoms with Gasteiger partial charge in [-0.1, -0.05) is 48.5 Å². The summed E-state index contributed by atoms with van der Waals surface area (Å²) in [6, 6.07) is 18.7. The van der Waals surface area contributed by atoms with Gasteiger partial charge in [-0.3, -0.25) is 19.7 Å². The number of imide groups is 1. The van der Waals surface area contributed by atoms with E-state index in [2.05, 4.69) is 0 Å². The maximum absolute atomic E-state index is 14.0. The molecule has 8 heteroatoms. The molecular weight excluding hydrogens is 436 g/mol. The van der Waals surface area contributed by atoms with E-state index in [1.807, 2.05) is 48.5 Å². The molecule has 0 saturated carbocycles. The van der Waals surface area contributed by atoms with E-state index in [-0.39, 0.29) is 23.0 Å². The third kappa shape index (κ3) is 2.24. The average Bonchev–Trinajstić information content (AvgIpc) is 3.14. The Morgan fingerprint density at radius 3 is 2.15 bits per heavy atom. The van der Waals surface area contributed by atoms with Crippen molar-refractivity contribution in [3.63, 3.8) is 0 Å². The highest BCUT2D eigenvalue weighted by molar-refractivity contribution is 6.25. The van der Waals surface area contributed by atoms with Crippen LogP contribution in [0.4, 0.5) is 11.4 Å². The van der Waals surface area contributed by atoms with E-state index in [4.69, 9.17) is 4.74 Å². The molecule has 0 spiro atoms. The summed E-state index contributed by atoms with van der Waals surface area (Å²) < 4.78 is 5.32. The lowest BCUT2D eigenvalue weighted by atomic mass is 9.48. The molecule has 0 unspecified atom stereocenters. The van der Waals surface area contributed by atoms with Crippen molar-refractivity contribution in [3.8, 4) is 5.75 Å². The Labute approximate surface area is 193 Å². The van der Waals surface area contributed by atoms with Crippen LogP contribution in [-0.4, -0.2) is 30.1 Å². The molecule has 3 aromatic rings. The molecule has 4 aliphatic rings. The average molecular weight is 454 g/mol. The van der Waals surface area contributed by atoms with E-state index in [9.17, 15) is 24.5 Å². The second kappa shape index (κ2) is 6.84. The number of rotatable bonds is 4. The first-order valence-electron chi connectivity index (χ1n) is 10.8. The van der Waals surface area contributed by atoms with Gasteiger partial charge in [0, 0.05) is 12.0 Å². The van der Waals surface area contributed by atoms with E-state index in [0.29, 0.717) is 0 Å². The second-order valence-electron chi connectivity index (χ2n) is 8.77. The van der Waals surface area contributed by atoms with Crippen molar-refractivity contribution in [2.75, 3.05) is 12.0 Å². The quantitative estimate of drug-likeness (QED) is 0.259. The second-order valence-corrected chi connectivity index (χ2v) is 8.77. The summed E-state index contributed by atoms with van der Waals surface area (Å²) >= 11 is 0. The number of nitro groups is 1. The van der Waals surface area contributed by atoms with Crippen LogP contribution in [0.3, 0.4) is 0 Å². The summed E-state index contributed by atoms with van der Waals surface area (Å²) in [4.78, 5) is 52.5. The number of carbonyl (C=O) groups excluding carboxylic acids is 3. The van der Waals surface area contributed by atoms with Gasteiger partial charge in [-0.2, -0.15) is 0 Å². The summed E-state index contributed by atoms with van der Waals surface area (Å²) in [5, 5.41) is 11.2. The van der Waals surface area contributed by atoms with E-state index in [1.165, 1.54) is 25.3 Å². The smallest absolute Gasteiger partial charge is 0.273 e. The third-order valence-corrected chi connectivity index (χ3v) is 7.48. The van der Waals surface area contributed by atoms with Crippen LogP contribution in [0.5, 0.6) is 5.75 Å². The molecule has 7 rings (SSSR count). The van der Waals surface area contributed by atoms with Crippen molar-refractivity contribution >= 4 is 29.5 Å². The number of hydrogen-bond donors (Lipinski definition) is 0. The number of aldehydes is 1. The highest BCUT2D eigenvalue weighted by Gasteiger charge is 2.68. The number of benzene rings is 3. The number of hydrogen-bond acceptors (Lipinski definition) is 6. The van der Waals surface area contributed by atoms with Gasteiger partial charge in [-0.15, -0.1) is 0 Å². The molecule has 0 N–H and O–H groups in total. The largest absolute Gasteiger partial charge is 0.494 e. The Balaban J connectivity index is 1.60. The zero-order chi connectivity index (χ0) is 23.8.